The Labute approximate surface area is 137 Å². The van der Waals surface area contributed by atoms with E-state index in [0.29, 0.717) is 19.5 Å². The quantitative estimate of drug-likeness (QED) is 0.921. The van der Waals surface area contributed by atoms with Crippen LogP contribution in [0.5, 0.6) is 0 Å². The first-order chi connectivity index (χ1) is 11.1. The highest BCUT2D eigenvalue weighted by Gasteiger charge is 2.41. The number of amides is 2. The number of para-hydroxylation sites is 1. The Morgan fingerprint density at radius 1 is 1.26 bits per heavy atom. The molecule has 0 aromatic heterocycles. The number of likely N-dealkylation sites (N-methyl/N-ethyl adjacent to an activating group) is 1. The van der Waals surface area contributed by atoms with E-state index in [1.807, 2.05) is 37.3 Å². The van der Waals surface area contributed by atoms with Crippen molar-refractivity contribution in [2.45, 2.75) is 44.7 Å². The van der Waals surface area contributed by atoms with Crippen molar-refractivity contribution in [1.82, 2.24) is 4.90 Å². The van der Waals surface area contributed by atoms with Gasteiger partial charge in [-0.15, -0.1) is 0 Å². The lowest BCUT2D eigenvalue weighted by atomic mass is 10.0. The number of carbonyl (C=O) groups is 2. The normalized spacial score (nSPS) is 27.5. The molecule has 2 fully saturated rings. The SMILES string of the molecule is CCN(C(=O)C1CCC(N)C1)C1CCN(c2ccccc2)C1=O. The van der Waals surface area contributed by atoms with E-state index in [2.05, 4.69) is 0 Å². The number of nitrogens with two attached hydrogens (primary N) is 1. The smallest absolute Gasteiger partial charge is 0.249 e. The van der Waals surface area contributed by atoms with Crippen LogP contribution in [0.25, 0.3) is 0 Å². The average molecular weight is 315 g/mol. The van der Waals surface area contributed by atoms with Gasteiger partial charge in [-0.2, -0.15) is 0 Å². The summed E-state index contributed by atoms with van der Waals surface area (Å²) in [6.45, 7) is 3.19. The Kier molecular flexibility index (Phi) is 4.66. The van der Waals surface area contributed by atoms with Gasteiger partial charge in [0.2, 0.25) is 11.8 Å². The number of carbonyl (C=O) groups excluding carboxylic acids is 2. The minimum Gasteiger partial charge on any atom is -0.331 e. The second-order valence-corrected chi connectivity index (χ2v) is 6.52. The molecule has 1 heterocycles. The summed E-state index contributed by atoms with van der Waals surface area (Å²) in [7, 11) is 0. The molecular weight excluding hydrogens is 290 g/mol. The van der Waals surface area contributed by atoms with Gasteiger partial charge < -0.3 is 15.5 Å². The first kappa shape index (κ1) is 16.0. The standard InChI is InChI=1S/C18H25N3O2/c1-2-20(17(22)13-8-9-14(19)12-13)16-10-11-21(18(16)23)15-6-4-3-5-7-15/h3-7,13-14,16H,2,8-12,19H2,1H3. The maximum absolute atomic E-state index is 12.8. The molecule has 2 amide bonds. The van der Waals surface area contributed by atoms with Crippen LogP contribution >= 0.6 is 0 Å². The van der Waals surface area contributed by atoms with E-state index >= 15 is 0 Å². The molecule has 0 bridgehead atoms. The largest absolute Gasteiger partial charge is 0.331 e. The molecule has 1 saturated carbocycles. The van der Waals surface area contributed by atoms with Crippen molar-refractivity contribution in [2.75, 3.05) is 18.0 Å². The summed E-state index contributed by atoms with van der Waals surface area (Å²) in [5.74, 6) is 0.130. The lowest BCUT2D eigenvalue weighted by Gasteiger charge is -2.29. The summed E-state index contributed by atoms with van der Waals surface area (Å²) >= 11 is 0. The van der Waals surface area contributed by atoms with Crippen LogP contribution in [0.2, 0.25) is 0 Å². The van der Waals surface area contributed by atoms with Gasteiger partial charge in [0, 0.05) is 30.7 Å². The number of hydrogen-bond donors (Lipinski definition) is 1. The van der Waals surface area contributed by atoms with Crippen LogP contribution in [0, 0.1) is 5.92 Å². The Balaban J connectivity index is 1.72. The van der Waals surface area contributed by atoms with Gasteiger partial charge in [0.05, 0.1) is 0 Å². The molecule has 1 saturated heterocycles. The van der Waals surface area contributed by atoms with Crippen molar-refractivity contribution in [3.05, 3.63) is 30.3 Å². The average Bonchev–Trinajstić information content (AvgIpc) is 3.16. The first-order valence-corrected chi connectivity index (χ1v) is 8.54. The fraction of sp³-hybridized carbons (Fsp3) is 0.556. The van der Waals surface area contributed by atoms with Crippen LogP contribution in [0.3, 0.4) is 0 Å². The molecule has 1 aromatic carbocycles. The van der Waals surface area contributed by atoms with Crippen LogP contribution in [-0.2, 0) is 9.59 Å². The molecule has 5 nitrogen and oxygen atoms in total. The van der Waals surface area contributed by atoms with Crippen molar-refractivity contribution in [1.29, 1.82) is 0 Å². The second-order valence-electron chi connectivity index (χ2n) is 6.52. The van der Waals surface area contributed by atoms with E-state index in [4.69, 9.17) is 5.73 Å². The predicted molar refractivity (Wildman–Crippen MR) is 89.9 cm³/mol. The third-order valence-corrected chi connectivity index (χ3v) is 5.07. The molecule has 124 valence electrons. The van der Waals surface area contributed by atoms with E-state index in [1.165, 1.54) is 0 Å². The molecule has 0 radical (unpaired) electrons. The van der Waals surface area contributed by atoms with E-state index in [0.717, 1.165) is 24.9 Å². The van der Waals surface area contributed by atoms with Crippen LogP contribution in [0.4, 0.5) is 5.69 Å². The highest BCUT2D eigenvalue weighted by atomic mass is 16.2. The maximum atomic E-state index is 12.8. The fourth-order valence-electron chi connectivity index (χ4n) is 3.82. The van der Waals surface area contributed by atoms with E-state index in [-0.39, 0.29) is 29.8 Å². The van der Waals surface area contributed by atoms with Crippen LogP contribution in [-0.4, -0.2) is 41.9 Å². The number of benzene rings is 1. The molecule has 5 heteroatoms. The Morgan fingerprint density at radius 2 is 2.00 bits per heavy atom. The summed E-state index contributed by atoms with van der Waals surface area (Å²) in [4.78, 5) is 29.2. The summed E-state index contributed by atoms with van der Waals surface area (Å²) in [6.07, 6.45) is 3.20. The molecule has 23 heavy (non-hydrogen) atoms. The van der Waals surface area contributed by atoms with Gasteiger partial charge in [0.1, 0.15) is 6.04 Å². The Bertz CT molecular complexity index is 575. The van der Waals surface area contributed by atoms with Gasteiger partial charge in [0.15, 0.2) is 0 Å². The maximum Gasteiger partial charge on any atom is 0.249 e. The molecule has 2 aliphatic rings. The number of hydrogen-bond acceptors (Lipinski definition) is 3. The molecule has 0 spiro atoms. The van der Waals surface area contributed by atoms with Gasteiger partial charge in [0.25, 0.3) is 0 Å². The van der Waals surface area contributed by atoms with Crippen molar-refractivity contribution in [3.63, 3.8) is 0 Å². The van der Waals surface area contributed by atoms with Crippen LogP contribution in [0.15, 0.2) is 30.3 Å². The zero-order valence-electron chi connectivity index (χ0n) is 13.6. The fourth-order valence-corrected chi connectivity index (χ4v) is 3.82. The summed E-state index contributed by atoms with van der Waals surface area (Å²) in [5.41, 5.74) is 6.85. The lowest BCUT2D eigenvalue weighted by Crippen LogP contribution is -2.47. The molecule has 2 N–H and O–H groups in total. The van der Waals surface area contributed by atoms with Crippen molar-refractivity contribution in [2.24, 2.45) is 11.7 Å². The monoisotopic (exact) mass is 315 g/mol. The second kappa shape index (κ2) is 6.71. The zero-order chi connectivity index (χ0) is 16.4. The number of nitrogens with zero attached hydrogens (tertiary/aromatic N) is 2. The van der Waals surface area contributed by atoms with Gasteiger partial charge in [-0.25, -0.2) is 0 Å². The van der Waals surface area contributed by atoms with Gasteiger partial charge in [-0.1, -0.05) is 18.2 Å². The van der Waals surface area contributed by atoms with E-state index in [9.17, 15) is 9.59 Å². The third-order valence-electron chi connectivity index (χ3n) is 5.07. The van der Waals surface area contributed by atoms with E-state index in [1.54, 1.807) is 9.80 Å². The van der Waals surface area contributed by atoms with Gasteiger partial charge in [-0.05, 0) is 44.7 Å². The van der Waals surface area contributed by atoms with Gasteiger partial charge >= 0.3 is 0 Å². The Morgan fingerprint density at radius 3 is 2.61 bits per heavy atom. The summed E-state index contributed by atoms with van der Waals surface area (Å²) in [5, 5.41) is 0. The first-order valence-electron chi connectivity index (χ1n) is 8.54. The molecular formula is C18H25N3O2. The number of rotatable bonds is 4. The minimum atomic E-state index is -0.329. The predicted octanol–water partition coefficient (Wildman–Crippen LogP) is 1.77. The third kappa shape index (κ3) is 3.11. The van der Waals surface area contributed by atoms with E-state index < -0.39 is 0 Å². The van der Waals surface area contributed by atoms with Crippen molar-refractivity contribution < 1.29 is 9.59 Å². The zero-order valence-corrected chi connectivity index (χ0v) is 13.6. The topological polar surface area (TPSA) is 66.6 Å². The minimum absolute atomic E-state index is 0.0106. The summed E-state index contributed by atoms with van der Waals surface area (Å²) < 4.78 is 0. The molecule has 3 rings (SSSR count). The molecule has 3 unspecified atom stereocenters. The van der Waals surface area contributed by atoms with Gasteiger partial charge in [-0.3, -0.25) is 9.59 Å². The van der Waals surface area contributed by atoms with Crippen LogP contribution < -0.4 is 10.6 Å². The lowest BCUT2D eigenvalue weighted by molar-refractivity contribution is -0.141. The molecule has 1 aromatic rings. The van der Waals surface area contributed by atoms with Crippen molar-refractivity contribution >= 4 is 17.5 Å². The molecule has 3 atom stereocenters. The highest BCUT2D eigenvalue weighted by Crippen LogP contribution is 2.29. The number of anilines is 1. The molecule has 1 aliphatic carbocycles. The van der Waals surface area contributed by atoms with Crippen molar-refractivity contribution in [3.8, 4) is 0 Å². The Hall–Kier alpha value is -1.88. The molecule has 1 aliphatic heterocycles. The highest BCUT2D eigenvalue weighted by molar-refractivity contribution is 6.01. The van der Waals surface area contributed by atoms with Crippen LogP contribution in [0.1, 0.15) is 32.6 Å². The summed E-state index contributed by atoms with van der Waals surface area (Å²) in [6, 6.07) is 9.47.